The first kappa shape index (κ1) is 14.1. The first-order chi connectivity index (χ1) is 9.60. The van der Waals surface area contributed by atoms with Crippen LogP contribution in [0.3, 0.4) is 0 Å². The van der Waals surface area contributed by atoms with Gasteiger partial charge >= 0.3 is 0 Å². The molecule has 2 heteroatoms. The predicted octanol–water partition coefficient (Wildman–Crippen LogP) is 4.57. The lowest BCUT2D eigenvalue weighted by Gasteiger charge is -2.10. The maximum absolute atomic E-state index is 8.85. The molecule has 2 nitrogen and oxygen atoms in total. The van der Waals surface area contributed by atoms with E-state index >= 15 is 0 Å². The van der Waals surface area contributed by atoms with E-state index in [1.54, 1.807) is 0 Å². The van der Waals surface area contributed by atoms with Gasteiger partial charge in [0.25, 0.3) is 0 Å². The zero-order valence-corrected chi connectivity index (χ0v) is 12.2. The lowest BCUT2D eigenvalue weighted by molar-refractivity contribution is 0.305. The van der Waals surface area contributed by atoms with Crippen molar-refractivity contribution in [3.8, 4) is 11.8 Å². The largest absolute Gasteiger partial charge is 0.489 e. The molecule has 0 fully saturated rings. The van der Waals surface area contributed by atoms with Gasteiger partial charge in [-0.05, 0) is 53.8 Å². The van der Waals surface area contributed by atoms with Crippen molar-refractivity contribution < 1.29 is 4.74 Å². The van der Waals surface area contributed by atoms with Gasteiger partial charge in [-0.1, -0.05) is 32.0 Å². The summed E-state index contributed by atoms with van der Waals surface area (Å²) < 4.78 is 5.80. The van der Waals surface area contributed by atoms with E-state index in [9.17, 15) is 0 Å². The number of hydrogen-bond donors (Lipinski definition) is 0. The molecule has 0 amide bonds. The SMILES string of the molecule is Cc1cc(C#N)ccc1COc1ccc(C(C)C)cc1. The second kappa shape index (κ2) is 6.25. The fraction of sp³-hybridized carbons (Fsp3) is 0.278. The summed E-state index contributed by atoms with van der Waals surface area (Å²) in [5.74, 6) is 1.41. The van der Waals surface area contributed by atoms with Crippen LogP contribution in [0.5, 0.6) is 5.75 Å². The summed E-state index contributed by atoms with van der Waals surface area (Å²) in [6, 6.07) is 16.0. The first-order valence-corrected chi connectivity index (χ1v) is 6.82. The van der Waals surface area contributed by atoms with Gasteiger partial charge < -0.3 is 4.74 Å². The lowest BCUT2D eigenvalue weighted by Crippen LogP contribution is -1.98. The molecule has 0 atom stereocenters. The molecular formula is C18H19NO. The van der Waals surface area contributed by atoms with E-state index in [0.717, 1.165) is 16.9 Å². The first-order valence-electron chi connectivity index (χ1n) is 6.82. The maximum Gasteiger partial charge on any atom is 0.119 e. The second-order valence-electron chi connectivity index (χ2n) is 5.27. The second-order valence-corrected chi connectivity index (χ2v) is 5.27. The summed E-state index contributed by atoms with van der Waals surface area (Å²) in [4.78, 5) is 0. The molecule has 0 aliphatic rings. The van der Waals surface area contributed by atoms with Crippen LogP contribution in [0, 0.1) is 18.3 Å². The van der Waals surface area contributed by atoms with Crippen LogP contribution >= 0.6 is 0 Å². The molecule has 0 aliphatic heterocycles. The van der Waals surface area contributed by atoms with Crippen LogP contribution in [-0.4, -0.2) is 0 Å². The van der Waals surface area contributed by atoms with Crippen LogP contribution in [0.25, 0.3) is 0 Å². The van der Waals surface area contributed by atoms with Gasteiger partial charge in [-0.25, -0.2) is 0 Å². The molecule has 0 heterocycles. The smallest absolute Gasteiger partial charge is 0.119 e. The number of nitrogens with zero attached hydrogens (tertiary/aromatic N) is 1. The highest BCUT2D eigenvalue weighted by Gasteiger charge is 2.03. The van der Waals surface area contributed by atoms with Crippen molar-refractivity contribution in [2.75, 3.05) is 0 Å². The molecule has 102 valence electrons. The third-order valence-electron chi connectivity index (χ3n) is 3.41. The zero-order valence-electron chi connectivity index (χ0n) is 12.2. The molecule has 0 saturated carbocycles. The number of hydrogen-bond acceptors (Lipinski definition) is 2. The van der Waals surface area contributed by atoms with Crippen molar-refractivity contribution in [1.82, 2.24) is 0 Å². The maximum atomic E-state index is 8.85. The van der Waals surface area contributed by atoms with E-state index in [1.807, 2.05) is 37.3 Å². The molecule has 0 unspecified atom stereocenters. The molecule has 0 N–H and O–H groups in total. The van der Waals surface area contributed by atoms with E-state index in [1.165, 1.54) is 5.56 Å². The summed E-state index contributed by atoms with van der Waals surface area (Å²) in [6.45, 7) is 6.88. The van der Waals surface area contributed by atoms with Crippen LogP contribution in [-0.2, 0) is 6.61 Å². The lowest BCUT2D eigenvalue weighted by atomic mass is 10.0. The summed E-state index contributed by atoms with van der Waals surface area (Å²) in [5, 5.41) is 8.85. The van der Waals surface area contributed by atoms with E-state index < -0.39 is 0 Å². The van der Waals surface area contributed by atoms with Crippen LogP contribution in [0.2, 0.25) is 0 Å². The molecule has 2 aromatic rings. The Morgan fingerprint density at radius 3 is 2.35 bits per heavy atom. The standard InChI is InChI=1S/C18H19NO/c1-13(2)16-6-8-18(9-7-16)20-12-17-5-4-15(11-19)10-14(17)3/h4-10,13H,12H2,1-3H3. The van der Waals surface area contributed by atoms with E-state index in [4.69, 9.17) is 10.00 Å². The van der Waals surface area contributed by atoms with Gasteiger partial charge in [0.15, 0.2) is 0 Å². The molecule has 2 rings (SSSR count). The molecule has 0 aromatic heterocycles. The van der Waals surface area contributed by atoms with Gasteiger partial charge in [-0.3, -0.25) is 0 Å². The normalized spacial score (nSPS) is 10.3. The fourth-order valence-corrected chi connectivity index (χ4v) is 2.04. The Bertz CT molecular complexity index is 621. The van der Waals surface area contributed by atoms with Crippen molar-refractivity contribution >= 4 is 0 Å². The summed E-state index contributed by atoms with van der Waals surface area (Å²) in [7, 11) is 0. The van der Waals surface area contributed by atoms with Crippen LogP contribution in [0.1, 0.15) is 42.0 Å². The molecular weight excluding hydrogens is 246 g/mol. The Hall–Kier alpha value is -2.27. The van der Waals surface area contributed by atoms with E-state index in [0.29, 0.717) is 18.1 Å². The van der Waals surface area contributed by atoms with E-state index in [-0.39, 0.29) is 0 Å². The Morgan fingerprint density at radius 2 is 1.80 bits per heavy atom. The van der Waals surface area contributed by atoms with Crippen LogP contribution < -0.4 is 4.74 Å². The monoisotopic (exact) mass is 265 g/mol. The Labute approximate surface area is 120 Å². The number of ether oxygens (including phenoxy) is 1. The van der Waals surface area contributed by atoms with Crippen LogP contribution in [0.4, 0.5) is 0 Å². The zero-order chi connectivity index (χ0) is 14.5. The quantitative estimate of drug-likeness (QED) is 0.811. The summed E-state index contributed by atoms with van der Waals surface area (Å²) >= 11 is 0. The minimum Gasteiger partial charge on any atom is -0.489 e. The average Bonchev–Trinajstić information content (AvgIpc) is 2.46. The number of benzene rings is 2. The van der Waals surface area contributed by atoms with Gasteiger partial charge in [0.2, 0.25) is 0 Å². The minimum absolute atomic E-state index is 0.526. The third-order valence-corrected chi connectivity index (χ3v) is 3.41. The average molecular weight is 265 g/mol. The van der Waals surface area contributed by atoms with Crippen molar-refractivity contribution in [2.45, 2.75) is 33.3 Å². The van der Waals surface area contributed by atoms with Crippen molar-refractivity contribution in [3.63, 3.8) is 0 Å². The van der Waals surface area contributed by atoms with Crippen molar-refractivity contribution in [2.24, 2.45) is 0 Å². The van der Waals surface area contributed by atoms with Crippen molar-refractivity contribution in [1.29, 1.82) is 5.26 Å². The van der Waals surface area contributed by atoms with Gasteiger partial charge in [-0.2, -0.15) is 5.26 Å². The Kier molecular flexibility index (Phi) is 4.42. The minimum atomic E-state index is 0.526. The van der Waals surface area contributed by atoms with Gasteiger partial charge in [0.1, 0.15) is 12.4 Å². The highest BCUT2D eigenvalue weighted by atomic mass is 16.5. The molecule has 20 heavy (non-hydrogen) atoms. The summed E-state index contributed by atoms with van der Waals surface area (Å²) in [5.41, 5.74) is 4.19. The summed E-state index contributed by atoms with van der Waals surface area (Å²) in [6.07, 6.45) is 0. The highest BCUT2D eigenvalue weighted by Crippen LogP contribution is 2.20. The molecule has 0 bridgehead atoms. The van der Waals surface area contributed by atoms with Gasteiger partial charge in [0.05, 0.1) is 11.6 Å². The number of aryl methyl sites for hydroxylation is 1. The predicted molar refractivity (Wildman–Crippen MR) is 80.8 cm³/mol. The van der Waals surface area contributed by atoms with Crippen molar-refractivity contribution in [3.05, 3.63) is 64.7 Å². The molecule has 0 radical (unpaired) electrons. The molecule has 0 aliphatic carbocycles. The molecule has 2 aromatic carbocycles. The molecule has 0 spiro atoms. The molecule has 0 saturated heterocycles. The third kappa shape index (κ3) is 3.39. The Morgan fingerprint density at radius 1 is 1.10 bits per heavy atom. The fourth-order valence-electron chi connectivity index (χ4n) is 2.04. The van der Waals surface area contributed by atoms with Gasteiger partial charge in [0, 0.05) is 0 Å². The van der Waals surface area contributed by atoms with Crippen LogP contribution in [0.15, 0.2) is 42.5 Å². The number of rotatable bonds is 4. The highest BCUT2D eigenvalue weighted by molar-refractivity contribution is 5.37. The number of nitriles is 1. The van der Waals surface area contributed by atoms with Gasteiger partial charge in [-0.15, -0.1) is 0 Å². The van der Waals surface area contributed by atoms with E-state index in [2.05, 4.69) is 32.0 Å². The Balaban J connectivity index is 2.03. The topological polar surface area (TPSA) is 33.0 Å².